The second-order valence-corrected chi connectivity index (χ2v) is 4.79. The van der Waals surface area contributed by atoms with Gasteiger partial charge in [0.1, 0.15) is 0 Å². The quantitative estimate of drug-likeness (QED) is 0.763. The van der Waals surface area contributed by atoms with Crippen LogP contribution < -0.4 is 4.74 Å². The molecule has 5 heteroatoms. The molecule has 0 atom stereocenters. The molecule has 0 heterocycles. The summed E-state index contributed by atoms with van der Waals surface area (Å²) in [6.45, 7) is 1.34. The summed E-state index contributed by atoms with van der Waals surface area (Å²) in [5.41, 5.74) is 0.236. The topological polar surface area (TPSA) is 26.3 Å². The molecule has 98 valence electrons. The molecule has 0 fully saturated rings. The molecule has 0 aliphatic heterocycles. The van der Waals surface area contributed by atoms with E-state index in [2.05, 4.69) is 15.9 Å². The Hall–Kier alpha value is -1.75. The van der Waals surface area contributed by atoms with E-state index in [0.29, 0.717) is 4.47 Å². The minimum Gasteiger partial charge on any atom is -0.451 e. The molecule has 0 N–H and O–H groups in total. The lowest BCUT2D eigenvalue weighted by Crippen LogP contribution is -1.96. The van der Waals surface area contributed by atoms with Gasteiger partial charge in [-0.05, 0) is 43.3 Å². The summed E-state index contributed by atoms with van der Waals surface area (Å²) in [6, 6.07) is 7.91. The number of halogens is 3. The standard InChI is InChI=1S/C14H9BrF2O2/c1-8(18)9-2-5-13(12(17)6-9)19-14-7-10(15)3-4-11(14)16/h2-7H,1H3. The summed E-state index contributed by atoms with van der Waals surface area (Å²) >= 11 is 3.17. The number of rotatable bonds is 3. The lowest BCUT2D eigenvalue weighted by atomic mass is 10.1. The molecule has 0 saturated carbocycles. The molecule has 0 aromatic heterocycles. The molecule has 2 rings (SSSR count). The zero-order valence-electron chi connectivity index (χ0n) is 9.91. The van der Waals surface area contributed by atoms with Crippen LogP contribution >= 0.6 is 15.9 Å². The highest BCUT2D eigenvalue weighted by Crippen LogP contribution is 2.29. The lowest BCUT2D eigenvalue weighted by molar-refractivity contribution is 0.101. The number of benzene rings is 2. The third-order valence-corrected chi connectivity index (χ3v) is 2.94. The van der Waals surface area contributed by atoms with E-state index in [9.17, 15) is 13.6 Å². The van der Waals surface area contributed by atoms with E-state index >= 15 is 0 Å². The maximum atomic E-state index is 13.7. The Morgan fingerprint density at radius 3 is 2.42 bits per heavy atom. The van der Waals surface area contributed by atoms with Crippen molar-refractivity contribution < 1.29 is 18.3 Å². The molecule has 0 saturated heterocycles. The summed E-state index contributed by atoms with van der Waals surface area (Å²) < 4.78 is 33.0. The highest BCUT2D eigenvalue weighted by molar-refractivity contribution is 9.10. The van der Waals surface area contributed by atoms with Crippen molar-refractivity contribution in [2.45, 2.75) is 6.92 Å². The second kappa shape index (κ2) is 5.48. The van der Waals surface area contributed by atoms with Crippen LogP contribution in [-0.2, 0) is 0 Å². The fraction of sp³-hybridized carbons (Fsp3) is 0.0714. The Morgan fingerprint density at radius 2 is 1.79 bits per heavy atom. The fourth-order valence-electron chi connectivity index (χ4n) is 1.48. The first-order valence-electron chi connectivity index (χ1n) is 5.41. The highest BCUT2D eigenvalue weighted by Gasteiger charge is 2.11. The Balaban J connectivity index is 2.33. The van der Waals surface area contributed by atoms with Crippen molar-refractivity contribution in [1.29, 1.82) is 0 Å². The van der Waals surface area contributed by atoms with Gasteiger partial charge >= 0.3 is 0 Å². The highest BCUT2D eigenvalue weighted by atomic mass is 79.9. The predicted molar refractivity (Wildman–Crippen MR) is 70.6 cm³/mol. The van der Waals surface area contributed by atoms with Gasteiger partial charge in [-0.2, -0.15) is 0 Å². The van der Waals surface area contributed by atoms with Crippen LogP contribution in [0.5, 0.6) is 11.5 Å². The van der Waals surface area contributed by atoms with Gasteiger partial charge in [0, 0.05) is 10.0 Å². The molecule has 2 nitrogen and oxygen atoms in total. The normalized spacial score (nSPS) is 10.3. The molecule has 0 bridgehead atoms. The van der Waals surface area contributed by atoms with Gasteiger partial charge in [0.2, 0.25) is 0 Å². The van der Waals surface area contributed by atoms with Gasteiger partial charge in [-0.15, -0.1) is 0 Å². The fourth-order valence-corrected chi connectivity index (χ4v) is 1.82. The van der Waals surface area contributed by atoms with Crippen LogP contribution in [0.25, 0.3) is 0 Å². The zero-order valence-corrected chi connectivity index (χ0v) is 11.5. The number of carbonyl (C=O) groups excluding carboxylic acids is 1. The van der Waals surface area contributed by atoms with Gasteiger partial charge in [-0.25, -0.2) is 8.78 Å². The number of hydrogen-bond acceptors (Lipinski definition) is 2. The Labute approximate surface area is 117 Å². The van der Waals surface area contributed by atoms with E-state index in [-0.39, 0.29) is 22.8 Å². The average Bonchev–Trinajstić information content (AvgIpc) is 2.36. The van der Waals surface area contributed by atoms with Gasteiger partial charge in [-0.1, -0.05) is 15.9 Å². The van der Waals surface area contributed by atoms with Crippen molar-refractivity contribution in [2.24, 2.45) is 0 Å². The second-order valence-electron chi connectivity index (χ2n) is 3.88. The SMILES string of the molecule is CC(=O)c1ccc(Oc2cc(Br)ccc2F)c(F)c1. The number of ketones is 1. The first-order chi connectivity index (χ1) is 8.97. The maximum absolute atomic E-state index is 13.7. The zero-order chi connectivity index (χ0) is 14.0. The van der Waals surface area contributed by atoms with Crippen LogP contribution in [0.3, 0.4) is 0 Å². The number of Topliss-reactive ketones (excluding diaryl/α,β-unsaturated/α-hetero) is 1. The first-order valence-corrected chi connectivity index (χ1v) is 6.20. The molecule has 0 aliphatic rings. The molecule has 2 aromatic rings. The molecule has 0 amide bonds. The average molecular weight is 327 g/mol. The molecule has 0 aliphatic carbocycles. The molecule has 0 spiro atoms. The monoisotopic (exact) mass is 326 g/mol. The van der Waals surface area contributed by atoms with E-state index in [1.54, 1.807) is 0 Å². The molecule has 2 aromatic carbocycles. The summed E-state index contributed by atoms with van der Waals surface area (Å²) in [5, 5.41) is 0. The van der Waals surface area contributed by atoms with Crippen molar-refractivity contribution in [2.75, 3.05) is 0 Å². The molecular weight excluding hydrogens is 318 g/mol. The van der Waals surface area contributed by atoms with Gasteiger partial charge < -0.3 is 4.74 Å². The van der Waals surface area contributed by atoms with Crippen LogP contribution in [-0.4, -0.2) is 5.78 Å². The lowest BCUT2D eigenvalue weighted by Gasteiger charge is -2.08. The van der Waals surface area contributed by atoms with Gasteiger partial charge in [0.25, 0.3) is 0 Å². The number of carbonyl (C=O) groups is 1. The summed E-state index contributed by atoms with van der Waals surface area (Å²) in [5.74, 6) is -1.80. The van der Waals surface area contributed by atoms with Crippen molar-refractivity contribution in [3.63, 3.8) is 0 Å². The van der Waals surface area contributed by atoms with Crippen molar-refractivity contribution in [3.8, 4) is 11.5 Å². The third kappa shape index (κ3) is 3.17. The number of hydrogen-bond donors (Lipinski definition) is 0. The molecular formula is C14H9BrF2O2. The third-order valence-electron chi connectivity index (χ3n) is 2.45. The van der Waals surface area contributed by atoms with Crippen LogP contribution in [0.15, 0.2) is 40.9 Å². The Kier molecular flexibility index (Phi) is 3.95. The van der Waals surface area contributed by atoms with Crippen LogP contribution in [0, 0.1) is 11.6 Å². The maximum Gasteiger partial charge on any atom is 0.166 e. The van der Waals surface area contributed by atoms with Gasteiger partial charge in [0.15, 0.2) is 28.9 Å². The Bertz CT molecular complexity index is 641. The van der Waals surface area contributed by atoms with E-state index in [1.165, 1.54) is 37.3 Å². The van der Waals surface area contributed by atoms with E-state index in [0.717, 1.165) is 6.07 Å². The summed E-state index contributed by atoms with van der Waals surface area (Å²) in [4.78, 5) is 11.1. The van der Waals surface area contributed by atoms with Gasteiger partial charge in [-0.3, -0.25) is 4.79 Å². The van der Waals surface area contributed by atoms with Crippen molar-refractivity contribution >= 4 is 21.7 Å². The molecule has 0 radical (unpaired) electrons. The number of ether oxygens (including phenoxy) is 1. The van der Waals surface area contributed by atoms with E-state index in [1.807, 2.05) is 0 Å². The van der Waals surface area contributed by atoms with Crippen molar-refractivity contribution in [1.82, 2.24) is 0 Å². The summed E-state index contributed by atoms with van der Waals surface area (Å²) in [7, 11) is 0. The Morgan fingerprint density at radius 1 is 1.05 bits per heavy atom. The van der Waals surface area contributed by atoms with E-state index in [4.69, 9.17) is 4.74 Å². The largest absolute Gasteiger partial charge is 0.451 e. The first kappa shape index (κ1) is 13.7. The summed E-state index contributed by atoms with van der Waals surface area (Å²) in [6.07, 6.45) is 0. The van der Waals surface area contributed by atoms with E-state index < -0.39 is 11.6 Å². The van der Waals surface area contributed by atoms with Crippen LogP contribution in [0.2, 0.25) is 0 Å². The smallest absolute Gasteiger partial charge is 0.166 e. The predicted octanol–water partition coefficient (Wildman–Crippen LogP) is 4.72. The minimum absolute atomic E-state index is 0.0937. The molecule has 19 heavy (non-hydrogen) atoms. The van der Waals surface area contributed by atoms with Crippen LogP contribution in [0.4, 0.5) is 8.78 Å². The van der Waals surface area contributed by atoms with Gasteiger partial charge in [0.05, 0.1) is 0 Å². The molecule has 0 unspecified atom stereocenters. The minimum atomic E-state index is -0.716. The van der Waals surface area contributed by atoms with Crippen LogP contribution in [0.1, 0.15) is 17.3 Å². The van der Waals surface area contributed by atoms with Crippen molar-refractivity contribution in [3.05, 3.63) is 58.1 Å².